The van der Waals surface area contributed by atoms with E-state index in [-0.39, 0.29) is 17.1 Å². The molecule has 112 valence electrons. The second-order valence-corrected chi connectivity index (χ2v) is 8.01. The number of benzene rings is 1. The molecule has 0 bridgehead atoms. The lowest BCUT2D eigenvalue weighted by Gasteiger charge is -2.34. The maximum Gasteiger partial charge on any atom is 0.244 e. The lowest BCUT2D eigenvalue weighted by molar-refractivity contribution is -0.0440. The first-order valence-corrected chi connectivity index (χ1v) is 9.11. The highest BCUT2D eigenvalue weighted by molar-refractivity contribution is 9.10. The number of hydrogen-bond acceptors (Lipinski definition) is 3. The van der Waals surface area contributed by atoms with Crippen LogP contribution in [-0.2, 0) is 20.6 Å². The molecule has 2 rings (SSSR count). The third-order valence-electron chi connectivity index (χ3n) is 3.15. The van der Waals surface area contributed by atoms with Gasteiger partial charge in [0.25, 0.3) is 0 Å². The lowest BCUT2D eigenvalue weighted by Crippen LogP contribution is -2.48. The molecule has 2 unspecified atom stereocenters. The minimum atomic E-state index is -3.52. The Labute approximate surface area is 133 Å². The van der Waals surface area contributed by atoms with Crippen LogP contribution < -0.4 is 0 Å². The van der Waals surface area contributed by atoms with Gasteiger partial charge in [0.1, 0.15) is 0 Å². The molecule has 4 nitrogen and oxygen atoms in total. The van der Waals surface area contributed by atoms with Crippen molar-refractivity contribution >= 4 is 37.6 Å². The monoisotopic (exact) mass is 381 g/mol. The van der Waals surface area contributed by atoms with Gasteiger partial charge >= 0.3 is 0 Å². The van der Waals surface area contributed by atoms with Gasteiger partial charge in [0.05, 0.1) is 17.1 Å². The minimum absolute atomic E-state index is 0.102. The molecule has 0 N–H and O–H groups in total. The average molecular weight is 383 g/mol. The van der Waals surface area contributed by atoms with E-state index in [9.17, 15) is 8.42 Å². The quantitative estimate of drug-likeness (QED) is 0.755. The zero-order valence-electron chi connectivity index (χ0n) is 11.3. The van der Waals surface area contributed by atoms with Crippen molar-refractivity contribution in [3.63, 3.8) is 0 Å². The Morgan fingerprint density at radius 1 is 1.35 bits per heavy atom. The van der Waals surface area contributed by atoms with Crippen LogP contribution in [-0.4, -0.2) is 38.0 Å². The SMILES string of the molecule is CC1CN(S(=O)(=O)c2ccc(CCl)cc2Br)CC(C)O1. The number of hydrogen-bond donors (Lipinski definition) is 0. The molecule has 20 heavy (non-hydrogen) atoms. The first-order valence-electron chi connectivity index (χ1n) is 6.34. The van der Waals surface area contributed by atoms with Crippen molar-refractivity contribution in [3.05, 3.63) is 28.2 Å². The van der Waals surface area contributed by atoms with E-state index in [4.69, 9.17) is 16.3 Å². The molecule has 7 heteroatoms. The second kappa shape index (κ2) is 6.32. The first-order chi connectivity index (χ1) is 9.34. The zero-order valence-corrected chi connectivity index (χ0v) is 14.5. The summed E-state index contributed by atoms with van der Waals surface area (Å²) in [7, 11) is -3.52. The number of halogens is 2. The van der Waals surface area contributed by atoms with Crippen molar-refractivity contribution in [2.75, 3.05) is 13.1 Å². The minimum Gasteiger partial charge on any atom is -0.373 e. The van der Waals surface area contributed by atoms with Crippen LogP contribution in [0.25, 0.3) is 0 Å². The molecule has 1 aliphatic rings. The Balaban J connectivity index is 2.35. The molecule has 0 spiro atoms. The average Bonchev–Trinajstić information content (AvgIpc) is 2.37. The summed E-state index contributed by atoms with van der Waals surface area (Å²) in [6.45, 7) is 4.50. The summed E-state index contributed by atoms with van der Waals surface area (Å²) in [5.74, 6) is 0.352. The van der Waals surface area contributed by atoms with Crippen LogP contribution in [0.15, 0.2) is 27.6 Å². The van der Waals surface area contributed by atoms with Crippen molar-refractivity contribution in [2.45, 2.75) is 36.8 Å². The van der Waals surface area contributed by atoms with Gasteiger partial charge in [0.15, 0.2) is 0 Å². The largest absolute Gasteiger partial charge is 0.373 e. The molecule has 2 atom stereocenters. The van der Waals surface area contributed by atoms with E-state index in [1.54, 1.807) is 18.2 Å². The van der Waals surface area contributed by atoms with Gasteiger partial charge in [-0.2, -0.15) is 4.31 Å². The summed E-state index contributed by atoms with van der Waals surface area (Å²) in [5, 5.41) is 0. The van der Waals surface area contributed by atoms with E-state index in [1.807, 2.05) is 13.8 Å². The van der Waals surface area contributed by atoms with Crippen molar-refractivity contribution in [1.82, 2.24) is 4.31 Å². The van der Waals surface area contributed by atoms with E-state index in [1.165, 1.54) is 4.31 Å². The highest BCUT2D eigenvalue weighted by atomic mass is 79.9. The highest BCUT2D eigenvalue weighted by Gasteiger charge is 2.33. The van der Waals surface area contributed by atoms with Crippen LogP contribution in [0, 0.1) is 0 Å². The number of nitrogens with zero attached hydrogens (tertiary/aromatic N) is 1. The first kappa shape index (κ1) is 16.2. The van der Waals surface area contributed by atoms with E-state index < -0.39 is 10.0 Å². The molecule has 0 saturated carbocycles. The lowest BCUT2D eigenvalue weighted by atomic mass is 10.2. The van der Waals surface area contributed by atoms with E-state index in [2.05, 4.69) is 15.9 Å². The molecule has 1 heterocycles. The van der Waals surface area contributed by atoms with E-state index in [0.717, 1.165) is 5.56 Å². The second-order valence-electron chi connectivity index (χ2n) is 4.98. The Bertz CT molecular complexity index is 583. The fraction of sp³-hybridized carbons (Fsp3) is 0.538. The number of ether oxygens (including phenoxy) is 1. The Morgan fingerprint density at radius 2 is 1.95 bits per heavy atom. The molecule has 0 aromatic heterocycles. The third-order valence-corrected chi connectivity index (χ3v) is 6.27. The summed E-state index contributed by atoms with van der Waals surface area (Å²) in [6.07, 6.45) is -0.205. The fourth-order valence-corrected chi connectivity index (χ4v) is 5.14. The topological polar surface area (TPSA) is 46.6 Å². The van der Waals surface area contributed by atoms with Gasteiger partial charge in [-0.1, -0.05) is 6.07 Å². The molecule has 1 saturated heterocycles. The Kier molecular flexibility index (Phi) is 5.13. The van der Waals surface area contributed by atoms with Gasteiger partial charge in [0.2, 0.25) is 10.0 Å². The predicted octanol–water partition coefficient (Wildman–Crippen LogP) is 2.99. The predicted molar refractivity (Wildman–Crippen MR) is 82.5 cm³/mol. The van der Waals surface area contributed by atoms with Gasteiger partial charge in [-0.25, -0.2) is 8.42 Å². The Morgan fingerprint density at radius 3 is 2.45 bits per heavy atom. The molecule has 0 aliphatic carbocycles. The van der Waals surface area contributed by atoms with Crippen molar-refractivity contribution in [3.8, 4) is 0 Å². The normalized spacial score (nSPS) is 24.8. The molecule has 1 fully saturated rings. The summed E-state index contributed by atoms with van der Waals surface area (Å²) in [6, 6.07) is 5.08. The van der Waals surface area contributed by atoms with Gasteiger partial charge in [0, 0.05) is 23.4 Å². The molecule has 1 aromatic carbocycles. The van der Waals surface area contributed by atoms with Crippen LogP contribution >= 0.6 is 27.5 Å². The zero-order chi connectivity index (χ0) is 14.9. The number of morpholine rings is 1. The molecule has 0 radical (unpaired) electrons. The smallest absolute Gasteiger partial charge is 0.244 e. The highest BCUT2D eigenvalue weighted by Crippen LogP contribution is 2.28. The van der Waals surface area contributed by atoms with Crippen LogP contribution in [0.4, 0.5) is 0 Å². The van der Waals surface area contributed by atoms with Crippen LogP contribution in [0.3, 0.4) is 0 Å². The fourth-order valence-electron chi connectivity index (χ4n) is 2.30. The number of sulfonamides is 1. The van der Waals surface area contributed by atoms with Gasteiger partial charge < -0.3 is 4.74 Å². The van der Waals surface area contributed by atoms with Crippen LogP contribution in [0.1, 0.15) is 19.4 Å². The Hall–Kier alpha value is -0.140. The summed E-state index contributed by atoms with van der Waals surface area (Å²) >= 11 is 9.08. The van der Waals surface area contributed by atoms with E-state index >= 15 is 0 Å². The summed E-state index contributed by atoms with van der Waals surface area (Å²) in [4.78, 5) is 0.271. The molecular formula is C13H17BrClNO3S. The van der Waals surface area contributed by atoms with Crippen LogP contribution in [0.2, 0.25) is 0 Å². The molecule has 0 amide bonds. The molecule has 1 aromatic rings. The van der Waals surface area contributed by atoms with Crippen molar-refractivity contribution in [2.24, 2.45) is 0 Å². The maximum absolute atomic E-state index is 12.7. The van der Waals surface area contributed by atoms with E-state index in [0.29, 0.717) is 23.4 Å². The summed E-state index contributed by atoms with van der Waals surface area (Å²) < 4.78 is 33.0. The van der Waals surface area contributed by atoms with Crippen molar-refractivity contribution < 1.29 is 13.2 Å². The maximum atomic E-state index is 12.7. The third kappa shape index (κ3) is 3.36. The van der Waals surface area contributed by atoms with Crippen LogP contribution in [0.5, 0.6) is 0 Å². The standard InChI is InChI=1S/C13H17BrClNO3S/c1-9-7-16(8-10(2)19-9)20(17,18)13-4-3-11(6-15)5-12(13)14/h3-5,9-10H,6-8H2,1-2H3. The van der Waals surface area contributed by atoms with Crippen molar-refractivity contribution in [1.29, 1.82) is 0 Å². The molecular weight excluding hydrogens is 366 g/mol. The summed E-state index contributed by atoms with van der Waals surface area (Å²) in [5.41, 5.74) is 0.876. The molecule has 1 aliphatic heterocycles. The number of rotatable bonds is 3. The van der Waals surface area contributed by atoms with Gasteiger partial charge in [-0.05, 0) is 47.5 Å². The van der Waals surface area contributed by atoms with Gasteiger partial charge in [-0.3, -0.25) is 0 Å². The van der Waals surface area contributed by atoms with Gasteiger partial charge in [-0.15, -0.1) is 11.6 Å². The number of alkyl halides is 1.